The lowest BCUT2D eigenvalue weighted by Gasteiger charge is -2.11. The molecule has 5 aromatic rings. The van der Waals surface area contributed by atoms with Gasteiger partial charge in [0.2, 0.25) is 0 Å². The van der Waals surface area contributed by atoms with E-state index in [9.17, 15) is 4.79 Å². The van der Waals surface area contributed by atoms with Gasteiger partial charge in [0.25, 0.3) is 0 Å². The summed E-state index contributed by atoms with van der Waals surface area (Å²) in [7, 11) is 0. The van der Waals surface area contributed by atoms with Crippen LogP contribution in [0, 0.1) is 0 Å². The molecular weight excluding hydrogens is 356 g/mol. The molecule has 0 aliphatic carbocycles. The quantitative estimate of drug-likeness (QED) is 0.159. The smallest absolute Gasteiger partial charge is 0.159 e. The minimum Gasteiger partial charge on any atom is -0.295 e. The highest BCUT2D eigenvalue weighted by Gasteiger charge is 2.08. The molecule has 138 valence electrons. The van der Waals surface area contributed by atoms with E-state index in [-0.39, 0.29) is 5.78 Å². The lowest BCUT2D eigenvalue weighted by Crippen LogP contribution is -1.91. The Balaban J connectivity index is 1.46. The van der Waals surface area contributed by atoms with E-state index in [1.54, 1.807) is 31.5 Å². The van der Waals surface area contributed by atoms with Gasteiger partial charge in [-0.15, -0.1) is 0 Å². The van der Waals surface area contributed by atoms with Crippen molar-refractivity contribution in [2.45, 2.75) is 6.92 Å². The minimum atomic E-state index is 0.0562. The Kier molecular flexibility index (Phi) is 4.14. The molecule has 0 atom stereocenters. The van der Waals surface area contributed by atoms with Gasteiger partial charge in [-0.2, -0.15) is 10.2 Å². The molecule has 0 spiro atoms. The van der Waals surface area contributed by atoms with Crippen LogP contribution >= 0.6 is 0 Å². The van der Waals surface area contributed by atoms with Gasteiger partial charge in [0.05, 0.1) is 12.4 Å². The fraction of sp³-hybridized carbons (Fsp3) is 0.0385. The van der Waals surface area contributed by atoms with Crippen LogP contribution in [0.4, 0.5) is 0 Å². The molecule has 0 heterocycles. The van der Waals surface area contributed by atoms with E-state index in [0.29, 0.717) is 5.56 Å². The second-order valence-corrected chi connectivity index (χ2v) is 7.22. The van der Waals surface area contributed by atoms with Crippen molar-refractivity contribution in [3.8, 4) is 0 Å². The second kappa shape index (κ2) is 6.95. The Hall–Kier alpha value is -3.85. The average molecular weight is 374 g/mol. The zero-order valence-corrected chi connectivity index (χ0v) is 16.0. The van der Waals surface area contributed by atoms with Gasteiger partial charge >= 0.3 is 0 Å². The Morgan fingerprint density at radius 2 is 1.17 bits per heavy atom. The van der Waals surface area contributed by atoms with E-state index in [1.165, 1.54) is 32.3 Å². The number of Topliss-reactive ketones (excluding diaryl/α,β-unsaturated/α-hetero) is 1. The maximum atomic E-state index is 11.3. The number of carbonyl (C=O) groups is 1. The normalized spacial score (nSPS) is 12.2. The molecule has 5 rings (SSSR count). The molecule has 0 saturated carbocycles. The van der Waals surface area contributed by atoms with E-state index in [2.05, 4.69) is 64.8 Å². The van der Waals surface area contributed by atoms with Crippen molar-refractivity contribution >= 4 is 50.5 Å². The molecule has 3 heteroatoms. The first-order valence-electron chi connectivity index (χ1n) is 9.54. The molecular formula is C26H18N2O. The van der Waals surface area contributed by atoms with Crippen molar-refractivity contribution < 1.29 is 4.79 Å². The molecule has 0 radical (unpaired) electrons. The van der Waals surface area contributed by atoms with Gasteiger partial charge in [-0.3, -0.25) is 4.79 Å². The van der Waals surface area contributed by atoms with Crippen LogP contribution in [0.25, 0.3) is 32.3 Å². The van der Waals surface area contributed by atoms with Crippen LogP contribution in [0.15, 0.2) is 89.1 Å². The summed E-state index contributed by atoms with van der Waals surface area (Å²) in [6, 6.07) is 26.7. The number of benzene rings is 5. The van der Waals surface area contributed by atoms with Crippen LogP contribution in [0.1, 0.15) is 28.4 Å². The number of hydrogen-bond acceptors (Lipinski definition) is 3. The summed E-state index contributed by atoms with van der Waals surface area (Å²) in [4.78, 5) is 11.3. The fourth-order valence-corrected chi connectivity index (χ4v) is 3.86. The Morgan fingerprint density at radius 3 is 1.76 bits per heavy atom. The molecule has 0 aromatic heterocycles. The number of hydrogen-bond donors (Lipinski definition) is 0. The number of ketones is 1. The molecule has 0 N–H and O–H groups in total. The zero-order chi connectivity index (χ0) is 19.8. The van der Waals surface area contributed by atoms with Crippen LogP contribution in [0.2, 0.25) is 0 Å². The average Bonchev–Trinajstić information content (AvgIpc) is 2.75. The molecule has 5 aromatic carbocycles. The van der Waals surface area contributed by atoms with E-state index in [4.69, 9.17) is 0 Å². The minimum absolute atomic E-state index is 0.0562. The molecule has 29 heavy (non-hydrogen) atoms. The standard InChI is InChI=1S/C26H18N2O/c1-17(29)20-7-5-18(6-8-20)15-27-28-16-19-13-23-11-9-21-3-2-4-22-10-12-24(14-19)26(23)25(21)22/h2-16H,1H3. The summed E-state index contributed by atoms with van der Waals surface area (Å²) in [5.41, 5.74) is 2.61. The van der Waals surface area contributed by atoms with Crippen molar-refractivity contribution in [1.82, 2.24) is 0 Å². The Labute approximate surface area is 168 Å². The van der Waals surface area contributed by atoms with Gasteiger partial charge < -0.3 is 0 Å². The van der Waals surface area contributed by atoms with Crippen molar-refractivity contribution in [2.75, 3.05) is 0 Å². The van der Waals surface area contributed by atoms with Gasteiger partial charge in [0.1, 0.15) is 0 Å². The van der Waals surface area contributed by atoms with Gasteiger partial charge in [-0.25, -0.2) is 0 Å². The SMILES string of the molecule is CC(=O)c1ccc(C=NN=Cc2cc3ccc4cccc5ccc(c2)c3c45)cc1. The van der Waals surface area contributed by atoms with Gasteiger partial charge in [-0.05, 0) is 62.5 Å². The molecule has 0 aliphatic rings. The summed E-state index contributed by atoms with van der Waals surface area (Å²) in [5.74, 6) is 0.0562. The van der Waals surface area contributed by atoms with E-state index < -0.39 is 0 Å². The first-order chi connectivity index (χ1) is 14.2. The van der Waals surface area contributed by atoms with Crippen LogP contribution in [-0.4, -0.2) is 18.2 Å². The van der Waals surface area contributed by atoms with Gasteiger partial charge in [-0.1, -0.05) is 66.7 Å². The Morgan fingerprint density at radius 1 is 0.655 bits per heavy atom. The summed E-state index contributed by atoms with van der Waals surface area (Å²) in [6.45, 7) is 1.56. The third kappa shape index (κ3) is 3.17. The van der Waals surface area contributed by atoms with Crippen molar-refractivity contribution in [3.05, 3.63) is 95.6 Å². The molecule has 0 bridgehead atoms. The van der Waals surface area contributed by atoms with Gasteiger partial charge in [0.15, 0.2) is 5.78 Å². The number of carbonyl (C=O) groups excluding carboxylic acids is 1. The lowest BCUT2D eigenvalue weighted by molar-refractivity contribution is 0.101. The van der Waals surface area contributed by atoms with Crippen LogP contribution in [0.3, 0.4) is 0 Å². The Bertz CT molecular complexity index is 1350. The number of rotatable bonds is 4. The molecule has 0 aliphatic heterocycles. The highest BCUT2D eigenvalue weighted by Crippen LogP contribution is 2.34. The van der Waals surface area contributed by atoms with Crippen molar-refractivity contribution in [2.24, 2.45) is 10.2 Å². The monoisotopic (exact) mass is 374 g/mol. The predicted molar refractivity (Wildman–Crippen MR) is 122 cm³/mol. The largest absolute Gasteiger partial charge is 0.295 e. The predicted octanol–water partition coefficient (Wildman–Crippen LogP) is 6.24. The summed E-state index contributed by atoms with van der Waals surface area (Å²) in [6.07, 6.45) is 3.46. The summed E-state index contributed by atoms with van der Waals surface area (Å²) in [5, 5.41) is 15.9. The lowest BCUT2D eigenvalue weighted by atomic mass is 9.93. The first kappa shape index (κ1) is 17.3. The molecule has 0 amide bonds. The third-order valence-corrected chi connectivity index (χ3v) is 5.28. The zero-order valence-electron chi connectivity index (χ0n) is 16.0. The maximum absolute atomic E-state index is 11.3. The molecule has 0 unspecified atom stereocenters. The van der Waals surface area contributed by atoms with Crippen LogP contribution in [-0.2, 0) is 0 Å². The highest BCUT2D eigenvalue weighted by atomic mass is 16.1. The maximum Gasteiger partial charge on any atom is 0.159 e. The first-order valence-corrected chi connectivity index (χ1v) is 9.54. The van der Waals surface area contributed by atoms with Crippen molar-refractivity contribution in [3.63, 3.8) is 0 Å². The second-order valence-electron chi connectivity index (χ2n) is 7.22. The summed E-state index contributed by atoms with van der Waals surface area (Å²) >= 11 is 0. The summed E-state index contributed by atoms with van der Waals surface area (Å²) < 4.78 is 0. The van der Waals surface area contributed by atoms with E-state index in [1.807, 2.05) is 12.1 Å². The fourth-order valence-electron chi connectivity index (χ4n) is 3.86. The molecule has 3 nitrogen and oxygen atoms in total. The van der Waals surface area contributed by atoms with Crippen LogP contribution < -0.4 is 0 Å². The van der Waals surface area contributed by atoms with E-state index >= 15 is 0 Å². The highest BCUT2D eigenvalue weighted by molar-refractivity contribution is 6.23. The van der Waals surface area contributed by atoms with Gasteiger partial charge in [0, 0.05) is 5.56 Å². The molecule has 0 fully saturated rings. The van der Waals surface area contributed by atoms with Crippen LogP contribution in [0.5, 0.6) is 0 Å². The number of nitrogens with zero attached hydrogens (tertiary/aromatic N) is 2. The van der Waals surface area contributed by atoms with E-state index in [0.717, 1.165) is 11.1 Å². The topological polar surface area (TPSA) is 41.8 Å². The third-order valence-electron chi connectivity index (χ3n) is 5.28. The van der Waals surface area contributed by atoms with Crippen molar-refractivity contribution in [1.29, 1.82) is 0 Å². The molecule has 0 saturated heterocycles.